The van der Waals surface area contributed by atoms with Crippen LogP contribution in [0.15, 0.2) is 98.1 Å². The van der Waals surface area contributed by atoms with Crippen molar-refractivity contribution in [2.45, 2.75) is 26.2 Å². The van der Waals surface area contributed by atoms with E-state index in [1.165, 1.54) is 0 Å². The Morgan fingerprint density at radius 3 is 0.806 bits per heavy atom. The first-order valence-electron chi connectivity index (χ1n) is 11.3. The van der Waals surface area contributed by atoms with Crippen LogP contribution in [0.3, 0.4) is 0 Å². The fraction of sp³-hybridized carbons (Fsp3) is 0.154. The second-order valence-corrected chi connectivity index (χ2v) is 7.49. The van der Waals surface area contributed by atoms with Crippen molar-refractivity contribution in [3.8, 4) is 0 Å². The highest BCUT2D eigenvalue weighted by molar-refractivity contribution is 5.74. The van der Waals surface area contributed by atoms with E-state index < -0.39 is 0 Å². The fourth-order valence-electron chi connectivity index (χ4n) is 2.86. The predicted molar refractivity (Wildman–Crippen MR) is 135 cm³/mol. The maximum absolute atomic E-state index is 11.5. The summed E-state index contributed by atoms with van der Waals surface area (Å²) in [5.41, 5.74) is 4.07. The number of rotatable bonds is 8. The van der Waals surface area contributed by atoms with Crippen molar-refractivity contribution in [1.82, 2.24) is 41.2 Å². The molecule has 0 aliphatic rings. The summed E-state index contributed by atoms with van der Waals surface area (Å²) in [6, 6.07) is 14.5. The Morgan fingerprint density at radius 1 is 0.417 bits per heavy atom. The number of nitrogens with zero attached hydrogens (tertiary/aromatic N) is 4. The van der Waals surface area contributed by atoms with Crippen molar-refractivity contribution in [1.29, 1.82) is 0 Å². The molecular formula is C26H28N8O2. The number of hydrogen-bond acceptors (Lipinski definition) is 6. The molecule has 4 rings (SSSR count). The van der Waals surface area contributed by atoms with Gasteiger partial charge in [-0.2, -0.15) is 0 Å². The lowest BCUT2D eigenvalue weighted by Gasteiger charge is -2.07. The van der Waals surface area contributed by atoms with Crippen molar-refractivity contribution in [2.75, 3.05) is 0 Å². The predicted octanol–water partition coefficient (Wildman–Crippen LogP) is 2.95. The third-order valence-electron chi connectivity index (χ3n) is 4.81. The summed E-state index contributed by atoms with van der Waals surface area (Å²) < 4.78 is 0. The molecule has 0 spiro atoms. The SMILES string of the molecule is O=C(NCc1ccncc1)NCc1ccncc1.O=C(NCc1ccncc1)NCc1ccncc1. The summed E-state index contributed by atoms with van der Waals surface area (Å²) in [5, 5.41) is 11.1. The Bertz CT molecular complexity index is 978. The van der Waals surface area contributed by atoms with Gasteiger partial charge in [0.15, 0.2) is 0 Å². The minimum Gasteiger partial charge on any atom is -0.334 e. The molecular weight excluding hydrogens is 456 g/mol. The van der Waals surface area contributed by atoms with Crippen LogP contribution in [-0.2, 0) is 26.2 Å². The third kappa shape index (κ3) is 10.4. The molecule has 0 unspecified atom stereocenters. The minimum absolute atomic E-state index is 0.191. The summed E-state index contributed by atoms with van der Waals surface area (Å²) in [5.74, 6) is 0. The zero-order valence-electron chi connectivity index (χ0n) is 19.7. The van der Waals surface area contributed by atoms with E-state index in [-0.39, 0.29) is 12.1 Å². The van der Waals surface area contributed by atoms with E-state index in [0.717, 1.165) is 22.3 Å². The lowest BCUT2D eigenvalue weighted by atomic mass is 10.2. The van der Waals surface area contributed by atoms with Gasteiger partial charge in [0.1, 0.15) is 0 Å². The summed E-state index contributed by atoms with van der Waals surface area (Å²) in [6.45, 7) is 1.96. The Labute approximate surface area is 209 Å². The first kappa shape index (κ1) is 25.8. The van der Waals surface area contributed by atoms with Crippen molar-refractivity contribution in [2.24, 2.45) is 0 Å². The van der Waals surface area contributed by atoms with Gasteiger partial charge in [-0.05, 0) is 70.8 Å². The molecule has 0 fully saturated rings. The van der Waals surface area contributed by atoms with E-state index in [9.17, 15) is 9.59 Å². The van der Waals surface area contributed by atoms with Crippen molar-refractivity contribution in [3.05, 3.63) is 120 Å². The van der Waals surface area contributed by atoms with Crippen LogP contribution in [0, 0.1) is 0 Å². The van der Waals surface area contributed by atoms with Crippen LogP contribution < -0.4 is 21.3 Å². The molecule has 0 saturated carbocycles. The lowest BCUT2D eigenvalue weighted by molar-refractivity contribution is 0.239. The maximum atomic E-state index is 11.5. The first-order valence-corrected chi connectivity index (χ1v) is 11.3. The number of aromatic nitrogens is 4. The largest absolute Gasteiger partial charge is 0.334 e. The minimum atomic E-state index is -0.191. The molecule has 4 amide bonds. The molecule has 10 heteroatoms. The summed E-state index contributed by atoms with van der Waals surface area (Å²) >= 11 is 0. The van der Waals surface area contributed by atoms with E-state index in [0.29, 0.717) is 26.2 Å². The first-order chi connectivity index (χ1) is 17.7. The maximum Gasteiger partial charge on any atom is 0.315 e. The monoisotopic (exact) mass is 484 g/mol. The normalized spacial score (nSPS) is 9.78. The summed E-state index contributed by atoms with van der Waals surface area (Å²) in [4.78, 5) is 38.7. The molecule has 36 heavy (non-hydrogen) atoms. The summed E-state index contributed by atoms with van der Waals surface area (Å²) in [6.07, 6.45) is 13.6. The van der Waals surface area contributed by atoms with Crippen LogP contribution in [-0.4, -0.2) is 32.0 Å². The number of urea groups is 2. The molecule has 4 N–H and O–H groups in total. The third-order valence-corrected chi connectivity index (χ3v) is 4.81. The van der Waals surface area contributed by atoms with Crippen molar-refractivity contribution in [3.63, 3.8) is 0 Å². The fourth-order valence-corrected chi connectivity index (χ4v) is 2.86. The molecule has 0 radical (unpaired) electrons. The van der Waals surface area contributed by atoms with Gasteiger partial charge in [0, 0.05) is 75.8 Å². The van der Waals surface area contributed by atoms with E-state index in [4.69, 9.17) is 0 Å². The van der Waals surface area contributed by atoms with E-state index >= 15 is 0 Å². The van der Waals surface area contributed by atoms with Gasteiger partial charge < -0.3 is 21.3 Å². The number of nitrogens with one attached hydrogen (secondary N) is 4. The van der Waals surface area contributed by atoms with Gasteiger partial charge in [0.05, 0.1) is 0 Å². The Morgan fingerprint density at radius 2 is 0.611 bits per heavy atom. The van der Waals surface area contributed by atoms with E-state index in [1.807, 2.05) is 48.5 Å². The average molecular weight is 485 g/mol. The van der Waals surface area contributed by atoms with Crippen LogP contribution in [0.5, 0.6) is 0 Å². The molecule has 4 heterocycles. The lowest BCUT2D eigenvalue weighted by Crippen LogP contribution is -2.34. The highest BCUT2D eigenvalue weighted by Gasteiger charge is 2.01. The van der Waals surface area contributed by atoms with Gasteiger partial charge in [0.2, 0.25) is 0 Å². The molecule has 184 valence electrons. The highest BCUT2D eigenvalue weighted by Crippen LogP contribution is 1.98. The standard InChI is InChI=1S/2C13H14N4O/c2*18-13(16-9-11-1-5-14-6-2-11)17-10-12-3-7-15-8-4-12/h2*1-8H,9-10H2,(H2,16,17,18). The van der Waals surface area contributed by atoms with Crippen molar-refractivity contribution < 1.29 is 9.59 Å². The number of carbonyl (C=O) groups excluding carboxylic acids is 2. The number of amides is 4. The van der Waals surface area contributed by atoms with Gasteiger partial charge in [-0.25, -0.2) is 9.59 Å². The second kappa shape index (κ2) is 15.1. The van der Waals surface area contributed by atoms with Crippen LogP contribution >= 0.6 is 0 Å². The second-order valence-electron chi connectivity index (χ2n) is 7.49. The molecule has 4 aromatic heterocycles. The van der Waals surface area contributed by atoms with Gasteiger partial charge in [0.25, 0.3) is 0 Å². The molecule has 0 atom stereocenters. The molecule has 0 aromatic carbocycles. The van der Waals surface area contributed by atoms with Crippen LogP contribution in [0.2, 0.25) is 0 Å². The van der Waals surface area contributed by atoms with E-state index in [2.05, 4.69) is 41.2 Å². The Hall–Kier alpha value is -4.86. The molecule has 4 aromatic rings. The molecule has 0 bridgehead atoms. The van der Waals surface area contributed by atoms with Crippen LogP contribution in [0.1, 0.15) is 22.3 Å². The Kier molecular flexibility index (Phi) is 10.8. The number of carbonyl (C=O) groups is 2. The van der Waals surface area contributed by atoms with Crippen LogP contribution in [0.25, 0.3) is 0 Å². The quantitative estimate of drug-likeness (QED) is 0.304. The molecule has 0 saturated heterocycles. The zero-order chi connectivity index (χ0) is 25.3. The van der Waals surface area contributed by atoms with Crippen LogP contribution in [0.4, 0.5) is 9.59 Å². The summed E-state index contributed by atoms with van der Waals surface area (Å²) in [7, 11) is 0. The number of hydrogen-bond donors (Lipinski definition) is 4. The highest BCUT2D eigenvalue weighted by atomic mass is 16.2. The number of pyridine rings is 4. The Balaban J connectivity index is 0.000000201. The van der Waals surface area contributed by atoms with Gasteiger partial charge in [-0.1, -0.05) is 0 Å². The van der Waals surface area contributed by atoms with Gasteiger partial charge >= 0.3 is 12.1 Å². The molecule has 0 aliphatic heterocycles. The smallest absolute Gasteiger partial charge is 0.315 e. The van der Waals surface area contributed by atoms with Gasteiger partial charge in [-0.3, -0.25) is 19.9 Å². The average Bonchev–Trinajstić information content (AvgIpc) is 2.95. The van der Waals surface area contributed by atoms with Crippen molar-refractivity contribution >= 4 is 12.1 Å². The van der Waals surface area contributed by atoms with Gasteiger partial charge in [-0.15, -0.1) is 0 Å². The van der Waals surface area contributed by atoms with E-state index in [1.54, 1.807) is 49.6 Å². The topological polar surface area (TPSA) is 134 Å². The molecule has 10 nitrogen and oxygen atoms in total. The zero-order valence-corrected chi connectivity index (χ0v) is 19.7. The molecule has 0 aliphatic carbocycles.